The highest BCUT2D eigenvalue weighted by Gasteiger charge is 2.33. The van der Waals surface area contributed by atoms with Gasteiger partial charge in [0.05, 0.1) is 11.1 Å². The summed E-state index contributed by atoms with van der Waals surface area (Å²) in [5, 5.41) is 0. The van der Waals surface area contributed by atoms with E-state index in [2.05, 4.69) is 0 Å². The van der Waals surface area contributed by atoms with Crippen molar-refractivity contribution in [3.05, 3.63) is 142 Å². The molecule has 0 amide bonds. The molecular formula is C32H16O8. The summed E-state index contributed by atoms with van der Waals surface area (Å²) < 4.78 is 10.6. The van der Waals surface area contributed by atoms with Crippen molar-refractivity contribution in [1.29, 1.82) is 0 Å². The standard InChI is InChI=1S/C32H16O8/c33-25(39-23-13-5-11-21-27(23)31(37)19-9-3-1-7-17(19)29(21)35)15-16-26(34)40-24-14-6-12-22-28(24)32(38)20-10-4-2-8-18(20)30(22)36/h1-16H/b16-15+. The molecule has 0 atom stereocenters. The minimum absolute atomic E-state index is 0.0464. The topological polar surface area (TPSA) is 121 Å². The van der Waals surface area contributed by atoms with Crippen LogP contribution in [0.1, 0.15) is 63.7 Å². The van der Waals surface area contributed by atoms with Crippen LogP contribution in [0, 0.1) is 0 Å². The molecule has 0 aliphatic heterocycles. The van der Waals surface area contributed by atoms with Crippen LogP contribution in [0.4, 0.5) is 0 Å². The van der Waals surface area contributed by atoms with Crippen LogP contribution in [0.25, 0.3) is 0 Å². The Morgan fingerprint density at radius 1 is 0.425 bits per heavy atom. The molecule has 0 N–H and O–H groups in total. The van der Waals surface area contributed by atoms with Gasteiger partial charge in [-0.15, -0.1) is 0 Å². The van der Waals surface area contributed by atoms with Gasteiger partial charge in [0, 0.05) is 45.5 Å². The van der Waals surface area contributed by atoms with E-state index < -0.39 is 23.5 Å². The normalized spacial score (nSPS) is 13.3. The quantitative estimate of drug-likeness (QED) is 0.189. The van der Waals surface area contributed by atoms with Gasteiger partial charge in [-0.05, 0) is 12.1 Å². The lowest BCUT2D eigenvalue weighted by Crippen LogP contribution is -2.22. The zero-order valence-corrected chi connectivity index (χ0v) is 20.5. The van der Waals surface area contributed by atoms with Crippen molar-refractivity contribution in [1.82, 2.24) is 0 Å². The van der Waals surface area contributed by atoms with Crippen LogP contribution in [0.2, 0.25) is 0 Å². The zero-order chi connectivity index (χ0) is 28.0. The molecule has 0 radical (unpaired) electrons. The predicted octanol–water partition coefficient (Wildman–Crippen LogP) is 4.30. The van der Waals surface area contributed by atoms with E-state index in [1.54, 1.807) is 36.4 Å². The molecule has 2 aliphatic carbocycles. The molecule has 6 rings (SSSR count). The van der Waals surface area contributed by atoms with Crippen LogP contribution in [0.5, 0.6) is 11.5 Å². The van der Waals surface area contributed by atoms with Gasteiger partial charge in [-0.3, -0.25) is 19.2 Å². The number of esters is 2. The van der Waals surface area contributed by atoms with Gasteiger partial charge in [0.2, 0.25) is 0 Å². The molecule has 0 aromatic heterocycles. The highest BCUT2D eigenvalue weighted by molar-refractivity contribution is 6.30. The van der Waals surface area contributed by atoms with Gasteiger partial charge in [0.1, 0.15) is 11.5 Å². The summed E-state index contributed by atoms with van der Waals surface area (Å²) in [5.41, 5.74) is 1.04. The lowest BCUT2D eigenvalue weighted by atomic mass is 9.83. The maximum atomic E-state index is 13.1. The Labute approximate surface area is 226 Å². The van der Waals surface area contributed by atoms with Crippen LogP contribution in [0.3, 0.4) is 0 Å². The van der Waals surface area contributed by atoms with Gasteiger partial charge < -0.3 is 9.47 Å². The summed E-state index contributed by atoms with van der Waals surface area (Å²) in [4.78, 5) is 77.0. The highest BCUT2D eigenvalue weighted by atomic mass is 16.5. The fraction of sp³-hybridized carbons (Fsp3) is 0. The second kappa shape index (κ2) is 9.52. The zero-order valence-electron chi connectivity index (χ0n) is 20.5. The smallest absolute Gasteiger partial charge is 0.336 e. The van der Waals surface area contributed by atoms with Crippen molar-refractivity contribution in [3.8, 4) is 11.5 Å². The number of benzene rings is 4. The molecule has 0 bridgehead atoms. The molecule has 4 aromatic carbocycles. The molecule has 0 saturated heterocycles. The highest BCUT2D eigenvalue weighted by Crippen LogP contribution is 2.34. The van der Waals surface area contributed by atoms with E-state index in [0.29, 0.717) is 0 Å². The van der Waals surface area contributed by atoms with Gasteiger partial charge in [-0.1, -0.05) is 72.8 Å². The molecule has 192 valence electrons. The van der Waals surface area contributed by atoms with E-state index in [1.165, 1.54) is 48.5 Å². The van der Waals surface area contributed by atoms with Gasteiger partial charge in [-0.25, -0.2) is 9.59 Å². The third kappa shape index (κ3) is 3.95. The monoisotopic (exact) mass is 528 g/mol. The maximum Gasteiger partial charge on any atom is 0.336 e. The van der Waals surface area contributed by atoms with Crippen LogP contribution in [-0.4, -0.2) is 35.1 Å². The number of hydrogen-bond donors (Lipinski definition) is 0. The van der Waals surface area contributed by atoms with Gasteiger partial charge >= 0.3 is 11.9 Å². The Morgan fingerprint density at radius 2 is 0.750 bits per heavy atom. The number of hydrogen-bond acceptors (Lipinski definition) is 8. The molecule has 8 nitrogen and oxygen atoms in total. The van der Waals surface area contributed by atoms with Gasteiger partial charge in [0.15, 0.2) is 23.1 Å². The Morgan fingerprint density at radius 3 is 1.12 bits per heavy atom. The molecule has 8 heteroatoms. The largest absolute Gasteiger partial charge is 0.423 e. The van der Waals surface area contributed by atoms with Gasteiger partial charge in [-0.2, -0.15) is 0 Å². The predicted molar refractivity (Wildman–Crippen MR) is 140 cm³/mol. The van der Waals surface area contributed by atoms with Gasteiger partial charge in [0.25, 0.3) is 0 Å². The van der Waals surface area contributed by atoms with E-state index in [1.807, 2.05) is 0 Å². The molecule has 0 fully saturated rings. The fourth-order valence-electron chi connectivity index (χ4n) is 4.82. The molecule has 0 spiro atoms. The molecular weight excluding hydrogens is 512 g/mol. The lowest BCUT2D eigenvalue weighted by Gasteiger charge is -2.19. The molecule has 0 heterocycles. The van der Waals surface area contributed by atoms with Crippen molar-refractivity contribution in [2.45, 2.75) is 0 Å². The number of fused-ring (bicyclic) bond motifs is 4. The number of rotatable bonds is 4. The van der Waals surface area contributed by atoms with E-state index in [-0.39, 0.29) is 67.6 Å². The number of carbonyl (C=O) groups is 6. The average molecular weight is 528 g/mol. The van der Waals surface area contributed by atoms with Crippen molar-refractivity contribution >= 4 is 35.1 Å². The van der Waals surface area contributed by atoms with E-state index in [4.69, 9.17) is 9.47 Å². The Balaban J connectivity index is 1.21. The summed E-state index contributed by atoms with van der Waals surface area (Å²) in [6.07, 6.45) is 1.59. The van der Waals surface area contributed by atoms with Crippen molar-refractivity contribution in [2.24, 2.45) is 0 Å². The van der Waals surface area contributed by atoms with Crippen LogP contribution in [-0.2, 0) is 9.59 Å². The first-order chi connectivity index (χ1) is 19.3. The minimum atomic E-state index is -1.00. The maximum absolute atomic E-state index is 13.1. The lowest BCUT2D eigenvalue weighted by molar-refractivity contribution is -0.131. The fourth-order valence-corrected chi connectivity index (χ4v) is 4.82. The number of carbonyl (C=O) groups excluding carboxylic acids is 6. The average Bonchev–Trinajstić information content (AvgIpc) is 2.97. The van der Waals surface area contributed by atoms with Crippen LogP contribution >= 0.6 is 0 Å². The van der Waals surface area contributed by atoms with E-state index in [9.17, 15) is 28.8 Å². The minimum Gasteiger partial charge on any atom is -0.423 e. The SMILES string of the molecule is O=C(/C=C/C(=O)Oc1cccc2c1C(=O)c1ccccc1C2=O)Oc1cccc2c1C(=O)c1ccccc1C2=O. The first-order valence-corrected chi connectivity index (χ1v) is 12.1. The molecule has 4 aromatic rings. The summed E-state index contributed by atoms with van der Waals surface area (Å²) in [6.45, 7) is 0. The Kier molecular flexibility index (Phi) is 5.85. The second-order valence-corrected chi connectivity index (χ2v) is 8.94. The summed E-state index contributed by atoms with van der Waals surface area (Å²) in [7, 11) is 0. The Hall–Kier alpha value is -5.76. The summed E-state index contributed by atoms with van der Waals surface area (Å²) in [5.74, 6) is -3.94. The van der Waals surface area contributed by atoms with Crippen molar-refractivity contribution < 1.29 is 38.2 Å². The summed E-state index contributed by atoms with van der Waals surface area (Å²) >= 11 is 0. The van der Waals surface area contributed by atoms with E-state index in [0.717, 1.165) is 12.2 Å². The van der Waals surface area contributed by atoms with E-state index >= 15 is 0 Å². The molecule has 0 unspecified atom stereocenters. The van der Waals surface area contributed by atoms with Crippen molar-refractivity contribution in [3.63, 3.8) is 0 Å². The molecule has 2 aliphatic rings. The number of ketones is 4. The third-order valence-electron chi connectivity index (χ3n) is 6.61. The van der Waals surface area contributed by atoms with Crippen molar-refractivity contribution in [2.75, 3.05) is 0 Å². The first kappa shape index (κ1) is 24.6. The van der Waals surface area contributed by atoms with Crippen LogP contribution in [0.15, 0.2) is 97.1 Å². The molecule has 0 saturated carbocycles. The molecule has 40 heavy (non-hydrogen) atoms. The van der Waals surface area contributed by atoms with Crippen LogP contribution < -0.4 is 9.47 Å². The third-order valence-corrected chi connectivity index (χ3v) is 6.61. The second-order valence-electron chi connectivity index (χ2n) is 8.94. The first-order valence-electron chi connectivity index (χ1n) is 12.1. The Bertz CT molecular complexity index is 1730. The summed E-state index contributed by atoms with van der Waals surface area (Å²) in [6, 6.07) is 21.4. The number of ether oxygens (including phenoxy) is 2.